The maximum atomic E-state index is 11.4. The van der Waals surface area contributed by atoms with Crippen LogP contribution in [0.2, 0.25) is 0 Å². The van der Waals surface area contributed by atoms with E-state index in [-0.39, 0.29) is 12.4 Å². The zero-order valence-electron chi connectivity index (χ0n) is 14.8. The molecular formula is C18H24N2O4S. The van der Waals surface area contributed by atoms with Crippen LogP contribution in [0.25, 0.3) is 0 Å². The molecule has 0 unspecified atom stereocenters. The number of ketones is 1. The SMILES string of the molecule is CCCn1ccnc1SC[C@@H](O)COc1ccc(C(C)=O)cc1OC. The van der Waals surface area contributed by atoms with Crippen LogP contribution in [0.5, 0.6) is 11.5 Å². The van der Waals surface area contributed by atoms with Gasteiger partial charge in [0.2, 0.25) is 0 Å². The summed E-state index contributed by atoms with van der Waals surface area (Å²) in [7, 11) is 1.52. The zero-order valence-corrected chi connectivity index (χ0v) is 15.6. The maximum Gasteiger partial charge on any atom is 0.168 e. The summed E-state index contributed by atoms with van der Waals surface area (Å²) in [6, 6.07) is 5.01. The number of benzene rings is 1. The summed E-state index contributed by atoms with van der Waals surface area (Å²) < 4.78 is 13.0. The van der Waals surface area contributed by atoms with E-state index >= 15 is 0 Å². The highest BCUT2D eigenvalue weighted by atomic mass is 32.2. The number of hydrogen-bond donors (Lipinski definition) is 1. The van der Waals surface area contributed by atoms with Gasteiger partial charge in [-0.05, 0) is 31.5 Å². The largest absolute Gasteiger partial charge is 0.493 e. The minimum atomic E-state index is -0.644. The monoisotopic (exact) mass is 364 g/mol. The number of aliphatic hydroxyl groups excluding tert-OH is 1. The first-order chi connectivity index (χ1) is 12.0. The van der Waals surface area contributed by atoms with Crippen molar-refractivity contribution in [2.24, 2.45) is 0 Å². The number of aliphatic hydroxyl groups is 1. The second-order valence-electron chi connectivity index (χ2n) is 5.60. The normalized spacial score (nSPS) is 12.0. The second-order valence-corrected chi connectivity index (χ2v) is 6.59. The van der Waals surface area contributed by atoms with E-state index in [4.69, 9.17) is 9.47 Å². The Morgan fingerprint density at radius 3 is 2.88 bits per heavy atom. The van der Waals surface area contributed by atoms with E-state index in [0.29, 0.717) is 22.8 Å². The molecular weight excluding hydrogens is 340 g/mol. The summed E-state index contributed by atoms with van der Waals surface area (Å²) in [6.07, 6.45) is 4.10. The number of hydrogen-bond acceptors (Lipinski definition) is 6. The molecule has 1 atom stereocenters. The Hall–Kier alpha value is -1.99. The van der Waals surface area contributed by atoms with Crippen LogP contribution in [0.1, 0.15) is 30.6 Å². The van der Waals surface area contributed by atoms with Crippen molar-refractivity contribution in [1.82, 2.24) is 9.55 Å². The molecule has 2 rings (SSSR count). The summed E-state index contributed by atoms with van der Waals surface area (Å²) in [5, 5.41) is 11.1. The Bertz CT molecular complexity index is 702. The molecule has 1 aromatic heterocycles. The maximum absolute atomic E-state index is 11.4. The van der Waals surface area contributed by atoms with Gasteiger partial charge in [-0.25, -0.2) is 4.98 Å². The van der Waals surface area contributed by atoms with Gasteiger partial charge in [-0.1, -0.05) is 18.7 Å². The molecule has 25 heavy (non-hydrogen) atoms. The number of aromatic nitrogens is 2. The van der Waals surface area contributed by atoms with E-state index in [2.05, 4.69) is 16.5 Å². The van der Waals surface area contributed by atoms with Gasteiger partial charge in [-0.3, -0.25) is 4.79 Å². The molecule has 0 fully saturated rings. The number of imidazole rings is 1. The van der Waals surface area contributed by atoms with Gasteiger partial charge in [-0.15, -0.1) is 0 Å². The number of thioether (sulfide) groups is 1. The van der Waals surface area contributed by atoms with Crippen LogP contribution in [-0.2, 0) is 6.54 Å². The molecule has 0 saturated carbocycles. The number of rotatable bonds is 10. The molecule has 0 radical (unpaired) electrons. The topological polar surface area (TPSA) is 73.6 Å². The zero-order chi connectivity index (χ0) is 18.2. The smallest absolute Gasteiger partial charge is 0.168 e. The molecule has 2 aromatic rings. The third kappa shape index (κ3) is 5.51. The summed E-state index contributed by atoms with van der Waals surface area (Å²) in [4.78, 5) is 15.7. The van der Waals surface area contributed by atoms with Crippen LogP contribution in [0.3, 0.4) is 0 Å². The lowest BCUT2D eigenvalue weighted by Gasteiger charge is -2.15. The van der Waals surface area contributed by atoms with Crippen molar-refractivity contribution in [3.63, 3.8) is 0 Å². The molecule has 0 aliphatic rings. The highest BCUT2D eigenvalue weighted by molar-refractivity contribution is 7.99. The predicted molar refractivity (Wildman–Crippen MR) is 97.7 cm³/mol. The number of nitrogens with zero attached hydrogens (tertiary/aromatic N) is 2. The van der Waals surface area contributed by atoms with E-state index in [9.17, 15) is 9.90 Å². The van der Waals surface area contributed by atoms with Crippen molar-refractivity contribution < 1.29 is 19.4 Å². The van der Waals surface area contributed by atoms with Crippen molar-refractivity contribution in [3.05, 3.63) is 36.2 Å². The van der Waals surface area contributed by atoms with Gasteiger partial charge in [0.15, 0.2) is 22.4 Å². The van der Waals surface area contributed by atoms with Crippen molar-refractivity contribution in [3.8, 4) is 11.5 Å². The molecule has 1 N–H and O–H groups in total. The molecule has 6 nitrogen and oxygen atoms in total. The lowest BCUT2D eigenvalue weighted by molar-refractivity contribution is 0.101. The summed E-state index contributed by atoms with van der Waals surface area (Å²) >= 11 is 1.50. The average molecular weight is 364 g/mol. The fourth-order valence-electron chi connectivity index (χ4n) is 2.26. The third-order valence-electron chi connectivity index (χ3n) is 3.55. The Balaban J connectivity index is 1.88. The Kier molecular flexibility index (Phi) is 7.33. The molecule has 1 heterocycles. The molecule has 7 heteroatoms. The lowest BCUT2D eigenvalue weighted by Crippen LogP contribution is -2.20. The number of carbonyl (C=O) groups excluding carboxylic acids is 1. The van der Waals surface area contributed by atoms with Crippen molar-refractivity contribution >= 4 is 17.5 Å². The van der Waals surface area contributed by atoms with Crippen molar-refractivity contribution in [2.75, 3.05) is 19.5 Å². The molecule has 0 saturated heterocycles. The second kappa shape index (κ2) is 9.48. The Labute approximate surface area is 152 Å². The van der Waals surface area contributed by atoms with Crippen molar-refractivity contribution in [2.45, 2.75) is 38.1 Å². The average Bonchev–Trinajstić information content (AvgIpc) is 3.05. The van der Waals surface area contributed by atoms with Gasteiger partial charge in [-0.2, -0.15) is 0 Å². The number of carbonyl (C=O) groups is 1. The summed E-state index contributed by atoms with van der Waals surface area (Å²) in [6.45, 7) is 4.66. The van der Waals surface area contributed by atoms with Crippen LogP contribution in [0, 0.1) is 0 Å². The Morgan fingerprint density at radius 1 is 1.40 bits per heavy atom. The van der Waals surface area contributed by atoms with E-state index in [0.717, 1.165) is 18.1 Å². The molecule has 0 amide bonds. The molecule has 1 aromatic carbocycles. The van der Waals surface area contributed by atoms with E-state index in [1.54, 1.807) is 24.4 Å². The fraction of sp³-hybridized carbons (Fsp3) is 0.444. The minimum absolute atomic E-state index is 0.0381. The van der Waals surface area contributed by atoms with Gasteiger partial charge >= 0.3 is 0 Å². The van der Waals surface area contributed by atoms with Gasteiger partial charge in [0.1, 0.15) is 6.61 Å². The van der Waals surface area contributed by atoms with Crippen LogP contribution in [-0.4, -0.2) is 46.0 Å². The van der Waals surface area contributed by atoms with Gasteiger partial charge in [0.05, 0.1) is 13.2 Å². The first-order valence-corrected chi connectivity index (χ1v) is 9.17. The summed E-state index contributed by atoms with van der Waals surface area (Å²) in [5.41, 5.74) is 0.558. The molecule has 0 bridgehead atoms. The molecule has 0 aliphatic heterocycles. The van der Waals surface area contributed by atoms with Crippen LogP contribution >= 0.6 is 11.8 Å². The standard InChI is InChI=1S/C18H24N2O4S/c1-4-8-20-9-7-19-18(20)25-12-15(22)11-24-16-6-5-14(13(2)21)10-17(16)23-3/h5-7,9-10,15,22H,4,8,11-12H2,1-3H3/t15-/m0/s1. The predicted octanol–water partition coefficient (Wildman–Crippen LogP) is 3.04. The van der Waals surface area contributed by atoms with Crippen LogP contribution < -0.4 is 9.47 Å². The quantitative estimate of drug-likeness (QED) is 0.516. The van der Waals surface area contributed by atoms with Gasteiger partial charge in [0, 0.05) is 30.3 Å². The minimum Gasteiger partial charge on any atom is -0.493 e. The first kappa shape index (κ1) is 19.3. The number of ether oxygens (including phenoxy) is 2. The third-order valence-corrected chi connectivity index (χ3v) is 4.70. The molecule has 0 spiro atoms. The van der Waals surface area contributed by atoms with Crippen molar-refractivity contribution in [1.29, 1.82) is 0 Å². The van der Waals surface area contributed by atoms with E-state index < -0.39 is 6.10 Å². The Morgan fingerprint density at radius 2 is 2.20 bits per heavy atom. The van der Waals surface area contributed by atoms with Crippen LogP contribution in [0.15, 0.2) is 35.7 Å². The number of aryl methyl sites for hydroxylation is 1. The lowest BCUT2D eigenvalue weighted by atomic mass is 10.1. The number of Topliss-reactive ketones (excluding diaryl/α,β-unsaturated/α-hetero) is 1. The highest BCUT2D eigenvalue weighted by Gasteiger charge is 2.13. The van der Waals surface area contributed by atoms with Crippen LogP contribution in [0.4, 0.5) is 0 Å². The fourth-order valence-corrected chi connectivity index (χ4v) is 3.15. The van der Waals surface area contributed by atoms with E-state index in [1.807, 2.05) is 6.20 Å². The molecule has 136 valence electrons. The molecule has 0 aliphatic carbocycles. The first-order valence-electron chi connectivity index (χ1n) is 8.19. The highest BCUT2D eigenvalue weighted by Crippen LogP contribution is 2.28. The van der Waals surface area contributed by atoms with E-state index in [1.165, 1.54) is 25.8 Å². The van der Waals surface area contributed by atoms with Gasteiger partial charge in [0.25, 0.3) is 0 Å². The van der Waals surface area contributed by atoms with Gasteiger partial charge < -0.3 is 19.1 Å². The number of methoxy groups -OCH3 is 1. The summed E-state index contributed by atoms with van der Waals surface area (Å²) in [5.74, 6) is 1.42.